The van der Waals surface area contributed by atoms with Crippen molar-refractivity contribution in [2.24, 2.45) is 0 Å². The molecule has 0 fully saturated rings. The summed E-state index contributed by atoms with van der Waals surface area (Å²) < 4.78 is 13.4. The van der Waals surface area contributed by atoms with Crippen LogP contribution in [0.25, 0.3) is 0 Å². The van der Waals surface area contributed by atoms with Crippen LogP contribution in [-0.4, -0.2) is 19.3 Å². The Labute approximate surface area is 83.2 Å². The third kappa shape index (κ3) is 2.78. The highest BCUT2D eigenvalue weighted by Crippen LogP contribution is 2.15. The molecule has 0 aromatic heterocycles. The van der Waals surface area contributed by atoms with Crippen LogP contribution in [0.2, 0.25) is 5.02 Å². The summed E-state index contributed by atoms with van der Waals surface area (Å²) in [6.07, 6.45) is 0. The summed E-state index contributed by atoms with van der Waals surface area (Å²) in [4.78, 5) is 0. The second kappa shape index (κ2) is 4.50. The highest BCUT2D eigenvalue weighted by Gasteiger charge is 2.00. The molecule has 0 nitrogen and oxygen atoms in total. The number of halogens is 3. The highest BCUT2D eigenvalue weighted by molar-refractivity contribution is 6.93. The van der Waals surface area contributed by atoms with Crippen molar-refractivity contribution < 1.29 is 4.39 Å². The molecular weight excluding hydrogens is 198 g/mol. The molecule has 1 aromatic rings. The third-order valence-corrected chi connectivity index (χ3v) is 2.99. The minimum Gasteiger partial charge on any atom is -0.345 e. The van der Waals surface area contributed by atoms with Crippen molar-refractivity contribution in [2.45, 2.75) is 4.55 Å². The maximum atomic E-state index is 12.6. The fraction of sp³-hybridized carbons (Fsp3) is 0.143. The van der Waals surface area contributed by atoms with Gasteiger partial charge in [-0.05, 0) is 12.1 Å². The third-order valence-electron chi connectivity index (χ3n) is 1.37. The van der Waals surface area contributed by atoms with Crippen LogP contribution in [0, 0.1) is 5.82 Å². The molecule has 0 N–H and O–H groups in total. The Kier molecular flexibility index (Phi) is 3.92. The Morgan fingerprint density at radius 3 is 2.73 bits per heavy atom. The van der Waals surface area contributed by atoms with Crippen LogP contribution in [0.4, 0.5) is 4.39 Å². The van der Waals surface area contributed by atoms with Gasteiger partial charge in [0.05, 0.1) is 5.02 Å². The van der Waals surface area contributed by atoms with Crippen molar-refractivity contribution in [1.82, 2.24) is 0 Å². The first kappa shape index (κ1) is 9.58. The zero-order chi connectivity index (χ0) is 8.27. The van der Waals surface area contributed by atoms with Crippen LogP contribution in [0.15, 0.2) is 18.2 Å². The Morgan fingerprint density at radius 2 is 2.18 bits per heavy atom. The van der Waals surface area contributed by atoms with E-state index in [0.717, 1.165) is 10.1 Å². The maximum absolute atomic E-state index is 12.6. The Balaban J connectivity index is 2.86. The lowest BCUT2D eigenvalue weighted by Gasteiger charge is -1.98. The van der Waals surface area contributed by atoms with Gasteiger partial charge in [-0.1, -0.05) is 27.8 Å². The summed E-state index contributed by atoms with van der Waals surface area (Å²) in [6.45, 7) is 0. The van der Waals surface area contributed by atoms with Gasteiger partial charge in [-0.15, -0.1) is 0 Å². The molecule has 0 aliphatic carbocycles. The molecule has 0 radical (unpaired) electrons. The van der Waals surface area contributed by atoms with Gasteiger partial charge in [0, 0.05) is 0 Å². The molecule has 0 aliphatic rings. The highest BCUT2D eigenvalue weighted by atomic mass is 35.5. The minimum absolute atomic E-state index is 0.182. The lowest BCUT2D eigenvalue weighted by Crippen LogP contribution is -1.89. The first-order valence-electron chi connectivity index (χ1n) is 3.24. The average Bonchev–Trinajstić information content (AvgIpc) is 1.98. The fourth-order valence-corrected chi connectivity index (χ4v) is 2.19. The standard InChI is InChI=1S/C7H5ClF.ClH.Mg/c1-5-2-3-7(9)6(8)4-5;;/h2-4H,1H2;1H;/q;;+1/p-1. The number of benzene rings is 1. The summed E-state index contributed by atoms with van der Waals surface area (Å²) in [7, 11) is 5.63. The summed E-state index contributed by atoms with van der Waals surface area (Å²) in [5.74, 6) is -0.369. The molecule has 56 valence electrons. The number of hydrogen-bond acceptors (Lipinski definition) is 0. The Bertz CT molecular complexity index is 252. The average molecular weight is 203 g/mol. The largest absolute Gasteiger partial charge is 0.505 e. The van der Waals surface area contributed by atoms with E-state index < -0.39 is 19.3 Å². The van der Waals surface area contributed by atoms with Crippen LogP contribution >= 0.6 is 20.7 Å². The van der Waals surface area contributed by atoms with Crippen LogP contribution in [0.3, 0.4) is 0 Å². The van der Waals surface area contributed by atoms with Crippen molar-refractivity contribution in [3.63, 3.8) is 0 Å². The second-order valence-corrected chi connectivity index (χ2v) is 4.61. The van der Waals surface area contributed by atoms with Crippen molar-refractivity contribution in [1.29, 1.82) is 0 Å². The van der Waals surface area contributed by atoms with E-state index >= 15 is 0 Å². The second-order valence-electron chi connectivity index (χ2n) is 2.19. The Morgan fingerprint density at radius 1 is 1.45 bits per heavy atom. The van der Waals surface area contributed by atoms with Crippen molar-refractivity contribution >= 4 is 39.9 Å². The van der Waals surface area contributed by atoms with Crippen LogP contribution in [-0.2, 0) is 4.55 Å². The summed E-state index contributed by atoms with van der Waals surface area (Å²) in [6, 6.07) is 4.72. The molecule has 0 saturated heterocycles. The van der Waals surface area contributed by atoms with Gasteiger partial charge in [0.2, 0.25) is 0 Å². The number of hydrogen-bond donors (Lipinski definition) is 0. The van der Waals surface area contributed by atoms with E-state index in [2.05, 4.69) is 0 Å². The van der Waals surface area contributed by atoms with Crippen LogP contribution in [0.1, 0.15) is 5.56 Å². The van der Waals surface area contributed by atoms with Gasteiger partial charge in [-0.2, -0.15) is 0 Å². The normalized spacial score (nSPS) is 9.36. The monoisotopic (exact) mass is 202 g/mol. The van der Waals surface area contributed by atoms with E-state index in [-0.39, 0.29) is 10.8 Å². The first-order valence-corrected chi connectivity index (χ1v) is 6.75. The molecule has 0 spiro atoms. The SMILES string of the molecule is Fc1ccc([CH2][Mg][Cl])cc1Cl. The van der Waals surface area contributed by atoms with E-state index in [4.69, 9.17) is 20.7 Å². The van der Waals surface area contributed by atoms with Gasteiger partial charge in [-0.25, -0.2) is 4.39 Å². The van der Waals surface area contributed by atoms with Gasteiger partial charge < -0.3 is 9.07 Å². The Hall–Kier alpha value is 0.496. The topological polar surface area (TPSA) is 0 Å². The van der Waals surface area contributed by atoms with Crippen molar-refractivity contribution in [3.8, 4) is 0 Å². The molecule has 1 aromatic carbocycles. The molecule has 0 amide bonds. The predicted molar refractivity (Wildman–Crippen MR) is 46.7 cm³/mol. The van der Waals surface area contributed by atoms with Crippen molar-refractivity contribution in [2.75, 3.05) is 0 Å². The van der Waals surface area contributed by atoms with Gasteiger partial charge in [0.15, 0.2) is 0 Å². The molecule has 0 aliphatic heterocycles. The number of rotatable bonds is 2. The summed E-state index contributed by atoms with van der Waals surface area (Å²) >= 11 is 5.03. The van der Waals surface area contributed by atoms with Gasteiger partial charge in [-0.3, -0.25) is 0 Å². The van der Waals surface area contributed by atoms with E-state index in [0.29, 0.717) is 0 Å². The smallest absolute Gasteiger partial charge is 0.345 e. The van der Waals surface area contributed by atoms with Crippen molar-refractivity contribution in [3.05, 3.63) is 34.6 Å². The van der Waals surface area contributed by atoms with E-state index in [1.165, 1.54) is 6.07 Å². The van der Waals surface area contributed by atoms with Crippen LogP contribution < -0.4 is 0 Å². The molecule has 0 unspecified atom stereocenters. The van der Waals surface area contributed by atoms with Gasteiger partial charge >= 0.3 is 19.3 Å². The minimum atomic E-state index is -0.521. The lowest BCUT2D eigenvalue weighted by molar-refractivity contribution is 0.628. The lowest BCUT2D eigenvalue weighted by atomic mass is 10.2. The molecule has 4 heteroatoms. The maximum Gasteiger partial charge on any atom is 0.505 e. The zero-order valence-electron chi connectivity index (χ0n) is 5.78. The molecule has 1 rings (SSSR count). The molecule has 0 atom stereocenters. The molecule has 11 heavy (non-hydrogen) atoms. The summed E-state index contributed by atoms with van der Waals surface area (Å²) in [5, 5.41) is 0.182. The predicted octanol–water partition coefficient (Wildman–Crippen LogP) is 2.84. The van der Waals surface area contributed by atoms with E-state index in [9.17, 15) is 4.39 Å². The molecule has 0 bridgehead atoms. The molecule has 0 heterocycles. The zero-order valence-corrected chi connectivity index (χ0v) is 8.71. The van der Waals surface area contributed by atoms with E-state index in [1.807, 2.05) is 0 Å². The van der Waals surface area contributed by atoms with Gasteiger partial charge in [0.1, 0.15) is 5.82 Å². The van der Waals surface area contributed by atoms with Crippen LogP contribution in [0.5, 0.6) is 0 Å². The fourth-order valence-electron chi connectivity index (χ4n) is 0.804. The van der Waals surface area contributed by atoms with Gasteiger partial charge in [0.25, 0.3) is 0 Å². The van der Waals surface area contributed by atoms with E-state index in [1.54, 1.807) is 12.1 Å². The summed E-state index contributed by atoms with van der Waals surface area (Å²) in [5.41, 5.74) is 1.03. The molecule has 0 saturated carbocycles. The quantitative estimate of drug-likeness (QED) is 0.648. The first-order chi connectivity index (χ1) is 5.24. The molecular formula is C7H5Cl2FMg.